The summed E-state index contributed by atoms with van der Waals surface area (Å²) < 4.78 is 0. The van der Waals surface area contributed by atoms with Crippen molar-refractivity contribution in [3.63, 3.8) is 0 Å². The average Bonchev–Trinajstić information content (AvgIpc) is 1.88. The van der Waals surface area contributed by atoms with Gasteiger partial charge in [0.05, 0.1) is 0 Å². The Hall–Kier alpha value is -0.890. The molecule has 1 aromatic heterocycles. The van der Waals surface area contributed by atoms with Gasteiger partial charge in [0.2, 0.25) is 0 Å². The van der Waals surface area contributed by atoms with E-state index in [-0.39, 0.29) is 6.04 Å². The monoisotopic (exact) mass is 136 g/mol. The number of pyridine rings is 1. The molecule has 0 saturated carbocycles. The van der Waals surface area contributed by atoms with Gasteiger partial charge >= 0.3 is 0 Å². The third-order valence-corrected chi connectivity index (χ3v) is 1.28. The van der Waals surface area contributed by atoms with Crippen LogP contribution < -0.4 is 5.73 Å². The lowest BCUT2D eigenvalue weighted by atomic mass is 10.1. The lowest BCUT2D eigenvalue weighted by Gasteiger charge is -2.02. The summed E-state index contributed by atoms with van der Waals surface area (Å²) in [6.45, 7) is 1.99. The molecule has 0 radical (unpaired) electrons. The van der Waals surface area contributed by atoms with E-state index < -0.39 is 0 Å². The van der Waals surface area contributed by atoms with Gasteiger partial charge in [0, 0.05) is 18.4 Å². The van der Waals surface area contributed by atoms with Crippen LogP contribution in [0.4, 0.5) is 0 Å². The number of hydrogen-bond donors (Lipinski definition) is 1. The fraction of sp³-hybridized carbons (Fsp3) is 0.375. The first-order valence-electron chi connectivity index (χ1n) is 3.43. The molecule has 2 nitrogen and oxygen atoms in total. The Kier molecular flexibility index (Phi) is 2.40. The van der Waals surface area contributed by atoms with E-state index in [1.807, 2.05) is 25.3 Å². The number of aromatic nitrogens is 1. The summed E-state index contributed by atoms with van der Waals surface area (Å²) in [5.74, 6) is 0. The van der Waals surface area contributed by atoms with Gasteiger partial charge < -0.3 is 5.73 Å². The highest BCUT2D eigenvalue weighted by molar-refractivity contribution is 5.09. The highest BCUT2D eigenvalue weighted by Gasteiger charge is 1.94. The number of nitrogens with zero attached hydrogens (tertiary/aromatic N) is 1. The van der Waals surface area contributed by atoms with Crippen LogP contribution in [0.15, 0.2) is 24.5 Å². The van der Waals surface area contributed by atoms with Gasteiger partial charge in [0.15, 0.2) is 0 Å². The second-order valence-electron chi connectivity index (χ2n) is 2.54. The summed E-state index contributed by atoms with van der Waals surface area (Å²) >= 11 is 0. The normalized spacial score (nSPS) is 13.0. The van der Waals surface area contributed by atoms with E-state index >= 15 is 0 Å². The van der Waals surface area contributed by atoms with Crippen LogP contribution >= 0.6 is 0 Å². The molecule has 0 aliphatic carbocycles. The quantitative estimate of drug-likeness (QED) is 0.658. The molecular formula is C8H12N2. The van der Waals surface area contributed by atoms with E-state index in [2.05, 4.69) is 4.98 Å². The molecule has 1 aromatic rings. The van der Waals surface area contributed by atoms with Gasteiger partial charge in [0.1, 0.15) is 0 Å². The maximum atomic E-state index is 5.60. The summed E-state index contributed by atoms with van der Waals surface area (Å²) in [4.78, 5) is 3.98. The van der Waals surface area contributed by atoms with Crippen LogP contribution in [0.2, 0.25) is 0 Å². The Morgan fingerprint density at radius 1 is 1.70 bits per heavy atom. The maximum Gasteiger partial charge on any atom is 0.0300 e. The molecule has 0 saturated heterocycles. The SMILES string of the molecule is C[C@H](N)Cc1cccnc1. The zero-order valence-corrected chi connectivity index (χ0v) is 6.12. The van der Waals surface area contributed by atoms with Crippen molar-refractivity contribution in [3.05, 3.63) is 30.1 Å². The molecule has 0 aliphatic rings. The van der Waals surface area contributed by atoms with Crippen molar-refractivity contribution >= 4 is 0 Å². The summed E-state index contributed by atoms with van der Waals surface area (Å²) in [5.41, 5.74) is 6.80. The van der Waals surface area contributed by atoms with Gasteiger partial charge in [-0.25, -0.2) is 0 Å². The molecule has 0 aliphatic heterocycles. The van der Waals surface area contributed by atoms with Crippen molar-refractivity contribution in [2.75, 3.05) is 0 Å². The van der Waals surface area contributed by atoms with Crippen molar-refractivity contribution in [2.24, 2.45) is 5.73 Å². The molecule has 0 spiro atoms. The van der Waals surface area contributed by atoms with Crippen molar-refractivity contribution in [3.8, 4) is 0 Å². The molecule has 10 heavy (non-hydrogen) atoms. The van der Waals surface area contributed by atoms with Gasteiger partial charge in [0.25, 0.3) is 0 Å². The Balaban J connectivity index is 2.59. The second-order valence-corrected chi connectivity index (χ2v) is 2.54. The fourth-order valence-corrected chi connectivity index (χ4v) is 0.891. The number of rotatable bonds is 2. The zero-order chi connectivity index (χ0) is 7.40. The average molecular weight is 136 g/mol. The van der Waals surface area contributed by atoms with Crippen molar-refractivity contribution in [1.82, 2.24) is 4.98 Å². The predicted octanol–water partition coefficient (Wildman–Crippen LogP) is 0.971. The lowest BCUT2D eigenvalue weighted by Crippen LogP contribution is -2.17. The standard InChI is InChI=1S/C8H12N2/c1-7(9)5-8-3-2-4-10-6-8/h2-4,6-7H,5,9H2,1H3/t7-/m0/s1. The molecule has 0 unspecified atom stereocenters. The molecule has 2 N–H and O–H groups in total. The van der Waals surface area contributed by atoms with Gasteiger partial charge in [-0.05, 0) is 25.0 Å². The third kappa shape index (κ3) is 2.15. The highest BCUT2D eigenvalue weighted by atomic mass is 14.6. The van der Waals surface area contributed by atoms with Crippen LogP contribution in [0.1, 0.15) is 12.5 Å². The molecule has 0 aromatic carbocycles. The van der Waals surface area contributed by atoms with Crippen LogP contribution in [-0.4, -0.2) is 11.0 Å². The highest BCUT2D eigenvalue weighted by Crippen LogP contribution is 1.98. The first-order valence-corrected chi connectivity index (χ1v) is 3.43. The lowest BCUT2D eigenvalue weighted by molar-refractivity contribution is 0.736. The van der Waals surface area contributed by atoms with Crippen molar-refractivity contribution < 1.29 is 0 Å². The first-order chi connectivity index (χ1) is 4.79. The van der Waals surface area contributed by atoms with E-state index in [4.69, 9.17) is 5.73 Å². The summed E-state index contributed by atoms with van der Waals surface area (Å²) in [6, 6.07) is 4.19. The van der Waals surface area contributed by atoms with Crippen LogP contribution in [0, 0.1) is 0 Å². The Morgan fingerprint density at radius 3 is 3.00 bits per heavy atom. The maximum absolute atomic E-state index is 5.60. The largest absolute Gasteiger partial charge is 0.328 e. The van der Waals surface area contributed by atoms with Crippen LogP contribution in [0.25, 0.3) is 0 Å². The minimum Gasteiger partial charge on any atom is -0.328 e. The Morgan fingerprint density at radius 2 is 2.50 bits per heavy atom. The number of nitrogens with two attached hydrogens (primary N) is 1. The van der Waals surface area contributed by atoms with Gasteiger partial charge in [-0.15, -0.1) is 0 Å². The van der Waals surface area contributed by atoms with Gasteiger partial charge in [-0.1, -0.05) is 6.07 Å². The van der Waals surface area contributed by atoms with E-state index in [9.17, 15) is 0 Å². The first kappa shape index (κ1) is 7.22. The Bertz CT molecular complexity index is 182. The van der Waals surface area contributed by atoms with E-state index in [1.54, 1.807) is 6.20 Å². The predicted molar refractivity (Wildman–Crippen MR) is 41.6 cm³/mol. The summed E-state index contributed by atoms with van der Waals surface area (Å²) in [6.07, 6.45) is 4.53. The zero-order valence-electron chi connectivity index (χ0n) is 6.12. The minimum absolute atomic E-state index is 0.226. The molecular weight excluding hydrogens is 124 g/mol. The van der Waals surface area contributed by atoms with E-state index in [1.165, 1.54) is 5.56 Å². The summed E-state index contributed by atoms with van der Waals surface area (Å²) in [7, 11) is 0. The molecule has 54 valence electrons. The molecule has 2 heteroatoms. The van der Waals surface area contributed by atoms with Crippen LogP contribution in [0.5, 0.6) is 0 Å². The smallest absolute Gasteiger partial charge is 0.0300 e. The molecule has 0 amide bonds. The van der Waals surface area contributed by atoms with Gasteiger partial charge in [-0.3, -0.25) is 4.98 Å². The molecule has 0 bridgehead atoms. The fourth-order valence-electron chi connectivity index (χ4n) is 0.891. The van der Waals surface area contributed by atoms with Crippen LogP contribution in [-0.2, 0) is 6.42 Å². The van der Waals surface area contributed by atoms with Crippen molar-refractivity contribution in [1.29, 1.82) is 0 Å². The van der Waals surface area contributed by atoms with Crippen molar-refractivity contribution in [2.45, 2.75) is 19.4 Å². The second kappa shape index (κ2) is 3.32. The van der Waals surface area contributed by atoms with E-state index in [0.717, 1.165) is 6.42 Å². The third-order valence-electron chi connectivity index (χ3n) is 1.28. The Labute approximate surface area is 61.1 Å². The number of hydrogen-bond acceptors (Lipinski definition) is 2. The molecule has 1 atom stereocenters. The topological polar surface area (TPSA) is 38.9 Å². The van der Waals surface area contributed by atoms with E-state index in [0.29, 0.717) is 0 Å². The molecule has 0 fully saturated rings. The summed E-state index contributed by atoms with van der Waals surface area (Å²) in [5, 5.41) is 0. The van der Waals surface area contributed by atoms with Crippen LogP contribution in [0.3, 0.4) is 0 Å². The molecule has 1 heterocycles. The van der Waals surface area contributed by atoms with Gasteiger partial charge in [-0.2, -0.15) is 0 Å². The minimum atomic E-state index is 0.226. The molecule has 1 rings (SSSR count).